The number of guanidine groups is 1. The first kappa shape index (κ1) is 22.7. The molecule has 2 N–H and O–H groups in total. The van der Waals surface area contributed by atoms with Gasteiger partial charge in [0.2, 0.25) is 0 Å². The van der Waals surface area contributed by atoms with Crippen molar-refractivity contribution in [3.05, 3.63) is 35.9 Å². The van der Waals surface area contributed by atoms with Gasteiger partial charge in [0.1, 0.15) is 0 Å². The number of ether oxygens (including phenoxy) is 3. The number of aliphatic imine (C=N–C) groups is 1. The van der Waals surface area contributed by atoms with Gasteiger partial charge in [0.15, 0.2) is 5.96 Å². The summed E-state index contributed by atoms with van der Waals surface area (Å²) in [5.41, 5.74) is 1.33. The van der Waals surface area contributed by atoms with Crippen LogP contribution in [0.15, 0.2) is 35.3 Å². The van der Waals surface area contributed by atoms with Crippen LogP contribution in [0.25, 0.3) is 0 Å². The molecule has 0 aromatic heterocycles. The van der Waals surface area contributed by atoms with Crippen molar-refractivity contribution in [3.63, 3.8) is 0 Å². The maximum absolute atomic E-state index is 5.71. The maximum atomic E-state index is 5.71. The first-order chi connectivity index (χ1) is 13.9. The zero-order valence-electron chi connectivity index (χ0n) is 17.3. The van der Waals surface area contributed by atoms with Gasteiger partial charge in [0.05, 0.1) is 19.3 Å². The number of rotatable bonds is 14. The summed E-state index contributed by atoms with van der Waals surface area (Å²) in [4.78, 5) is 4.25. The van der Waals surface area contributed by atoms with Gasteiger partial charge in [0.25, 0.3) is 0 Å². The molecule has 0 amide bonds. The van der Waals surface area contributed by atoms with Crippen LogP contribution in [-0.4, -0.2) is 65.2 Å². The Morgan fingerprint density at radius 2 is 1.82 bits per heavy atom. The number of benzene rings is 1. The highest BCUT2D eigenvalue weighted by Crippen LogP contribution is 2.11. The minimum atomic E-state index is 0.310. The van der Waals surface area contributed by atoms with E-state index in [0.29, 0.717) is 6.10 Å². The Labute approximate surface area is 170 Å². The fourth-order valence-electron chi connectivity index (χ4n) is 3.06. The van der Waals surface area contributed by atoms with E-state index in [1.165, 1.54) is 5.56 Å². The summed E-state index contributed by atoms with van der Waals surface area (Å²) in [6.45, 7) is 5.71. The Bertz CT molecular complexity index is 519. The van der Waals surface area contributed by atoms with Crippen LogP contribution in [-0.2, 0) is 20.6 Å². The van der Waals surface area contributed by atoms with Gasteiger partial charge >= 0.3 is 0 Å². The lowest BCUT2D eigenvalue weighted by Gasteiger charge is -2.13. The topological polar surface area (TPSA) is 64.1 Å². The SMILES string of the molecule is CN=C(NCCCCOCCc1ccccc1)NCCCOCC1CCCO1. The summed E-state index contributed by atoms with van der Waals surface area (Å²) in [5, 5.41) is 6.67. The number of hydrogen-bond acceptors (Lipinski definition) is 4. The van der Waals surface area contributed by atoms with Crippen LogP contribution in [0.4, 0.5) is 0 Å². The Kier molecular flexibility index (Phi) is 12.4. The average molecular weight is 392 g/mol. The second kappa shape index (κ2) is 15.3. The van der Waals surface area contributed by atoms with Crippen molar-refractivity contribution in [2.75, 3.05) is 53.2 Å². The fraction of sp³-hybridized carbons (Fsp3) is 0.682. The Balaban J connectivity index is 1.36. The third-order valence-corrected chi connectivity index (χ3v) is 4.70. The van der Waals surface area contributed by atoms with Crippen LogP contribution in [0.3, 0.4) is 0 Å². The van der Waals surface area contributed by atoms with Crippen molar-refractivity contribution in [1.29, 1.82) is 0 Å². The lowest BCUT2D eigenvalue weighted by atomic mass is 10.2. The molecule has 6 heteroatoms. The number of nitrogens with zero attached hydrogens (tertiary/aromatic N) is 1. The van der Waals surface area contributed by atoms with Gasteiger partial charge in [-0.15, -0.1) is 0 Å². The van der Waals surface area contributed by atoms with E-state index >= 15 is 0 Å². The molecule has 158 valence electrons. The van der Waals surface area contributed by atoms with Crippen molar-refractivity contribution in [2.45, 2.75) is 44.6 Å². The predicted molar refractivity (Wildman–Crippen MR) is 114 cm³/mol. The lowest BCUT2D eigenvalue weighted by molar-refractivity contribution is 0.0168. The van der Waals surface area contributed by atoms with E-state index in [1.807, 2.05) is 6.07 Å². The second-order valence-corrected chi connectivity index (χ2v) is 7.04. The molecule has 1 aliphatic rings. The largest absolute Gasteiger partial charge is 0.381 e. The lowest BCUT2D eigenvalue weighted by Crippen LogP contribution is -2.38. The molecule has 1 aromatic carbocycles. The first-order valence-electron chi connectivity index (χ1n) is 10.6. The normalized spacial score (nSPS) is 17.0. The Hall–Kier alpha value is -1.63. The predicted octanol–water partition coefficient (Wildman–Crippen LogP) is 2.78. The summed E-state index contributed by atoms with van der Waals surface area (Å²) < 4.78 is 16.9. The molecule has 0 bridgehead atoms. The van der Waals surface area contributed by atoms with Crippen LogP contribution >= 0.6 is 0 Å². The monoisotopic (exact) mass is 391 g/mol. The zero-order chi connectivity index (χ0) is 19.7. The summed E-state index contributed by atoms with van der Waals surface area (Å²) in [6, 6.07) is 10.5. The van der Waals surface area contributed by atoms with Crippen molar-refractivity contribution in [2.24, 2.45) is 4.99 Å². The van der Waals surface area contributed by atoms with Gasteiger partial charge in [-0.25, -0.2) is 0 Å². The summed E-state index contributed by atoms with van der Waals surface area (Å²) in [7, 11) is 1.80. The molecule has 0 saturated carbocycles. The molecule has 6 nitrogen and oxygen atoms in total. The van der Waals surface area contributed by atoms with Crippen LogP contribution < -0.4 is 10.6 Å². The fourth-order valence-corrected chi connectivity index (χ4v) is 3.06. The molecule has 0 spiro atoms. The second-order valence-electron chi connectivity index (χ2n) is 7.04. The molecule has 1 aromatic rings. The molecular formula is C22H37N3O3. The highest BCUT2D eigenvalue weighted by atomic mass is 16.5. The molecule has 0 radical (unpaired) electrons. The third-order valence-electron chi connectivity index (χ3n) is 4.70. The smallest absolute Gasteiger partial charge is 0.190 e. The van der Waals surface area contributed by atoms with Gasteiger partial charge in [0, 0.05) is 40.0 Å². The molecule has 2 rings (SSSR count). The minimum Gasteiger partial charge on any atom is -0.381 e. The molecule has 1 aliphatic heterocycles. The molecule has 1 unspecified atom stereocenters. The summed E-state index contributed by atoms with van der Waals surface area (Å²) >= 11 is 0. The van der Waals surface area contributed by atoms with E-state index in [9.17, 15) is 0 Å². The zero-order valence-corrected chi connectivity index (χ0v) is 17.3. The molecule has 1 heterocycles. The van der Waals surface area contributed by atoms with E-state index in [0.717, 1.165) is 90.6 Å². The molecule has 1 atom stereocenters. The highest BCUT2D eigenvalue weighted by Gasteiger charge is 2.14. The van der Waals surface area contributed by atoms with E-state index in [-0.39, 0.29) is 0 Å². The molecule has 0 aliphatic carbocycles. The van der Waals surface area contributed by atoms with Crippen LogP contribution in [0.5, 0.6) is 0 Å². The summed E-state index contributed by atoms with van der Waals surface area (Å²) in [5.74, 6) is 0.851. The van der Waals surface area contributed by atoms with Gasteiger partial charge < -0.3 is 24.8 Å². The van der Waals surface area contributed by atoms with Crippen LogP contribution in [0.2, 0.25) is 0 Å². The van der Waals surface area contributed by atoms with Crippen LogP contribution in [0.1, 0.15) is 37.7 Å². The first-order valence-corrected chi connectivity index (χ1v) is 10.6. The standard InChI is InChI=1S/C22H37N3O3/c1-23-22(25-14-8-16-27-19-21-11-7-17-28-21)24-13-5-6-15-26-18-12-20-9-3-2-4-10-20/h2-4,9-10,21H,5-8,11-19H2,1H3,(H2,23,24,25). The van der Waals surface area contributed by atoms with E-state index < -0.39 is 0 Å². The Morgan fingerprint density at radius 3 is 2.57 bits per heavy atom. The molecular weight excluding hydrogens is 354 g/mol. The van der Waals surface area contributed by atoms with E-state index in [2.05, 4.69) is 39.9 Å². The van der Waals surface area contributed by atoms with Crippen molar-refractivity contribution >= 4 is 5.96 Å². The number of unbranched alkanes of at least 4 members (excludes halogenated alkanes) is 1. The van der Waals surface area contributed by atoms with Gasteiger partial charge in [-0.05, 0) is 44.1 Å². The minimum absolute atomic E-state index is 0.310. The maximum Gasteiger partial charge on any atom is 0.190 e. The molecule has 28 heavy (non-hydrogen) atoms. The highest BCUT2D eigenvalue weighted by molar-refractivity contribution is 5.79. The molecule has 1 fully saturated rings. The quantitative estimate of drug-likeness (QED) is 0.290. The van der Waals surface area contributed by atoms with Crippen molar-refractivity contribution in [1.82, 2.24) is 10.6 Å². The van der Waals surface area contributed by atoms with Gasteiger partial charge in [-0.3, -0.25) is 4.99 Å². The van der Waals surface area contributed by atoms with Crippen LogP contribution in [0, 0.1) is 0 Å². The van der Waals surface area contributed by atoms with Gasteiger partial charge in [-0.1, -0.05) is 30.3 Å². The van der Waals surface area contributed by atoms with Crippen molar-refractivity contribution in [3.8, 4) is 0 Å². The summed E-state index contributed by atoms with van der Waals surface area (Å²) in [6.07, 6.45) is 6.66. The number of hydrogen-bond donors (Lipinski definition) is 2. The average Bonchev–Trinajstić information content (AvgIpc) is 3.25. The third kappa shape index (κ3) is 10.6. The van der Waals surface area contributed by atoms with Gasteiger partial charge in [-0.2, -0.15) is 0 Å². The van der Waals surface area contributed by atoms with Crippen molar-refractivity contribution < 1.29 is 14.2 Å². The number of nitrogens with one attached hydrogen (secondary N) is 2. The van der Waals surface area contributed by atoms with E-state index in [1.54, 1.807) is 7.05 Å². The Morgan fingerprint density at radius 1 is 1.04 bits per heavy atom. The molecule has 1 saturated heterocycles. The van der Waals surface area contributed by atoms with E-state index in [4.69, 9.17) is 14.2 Å².